The van der Waals surface area contributed by atoms with Gasteiger partial charge in [-0.3, -0.25) is 0 Å². The fourth-order valence-electron chi connectivity index (χ4n) is 2.05. The molecule has 0 nitrogen and oxygen atoms in total. The van der Waals surface area contributed by atoms with Gasteiger partial charge in [-0.05, 0) is 0 Å². The Morgan fingerprint density at radius 1 is 0.889 bits per heavy atom. The van der Waals surface area contributed by atoms with Gasteiger partial charge in [0.2, 0.25) is 0 Å². The van der Waals surface area contributed by atoms with Crippen molar-refractivity contribution in [2.45, 2.75) is 25.7 Å². The van der Waals surface area contributed by atoms with Gasteiger partial charge in [0, 0.05) is 0 Å². The Balaban J connectivity index is 2.18. The van der Waals surface area contributed by atoms with E-state index >= 15 is 0 Å². The van der Waals surface area contributed by atoms with Gasteiger partial charge in [-0.2, -0.15) is 0 Å². The second-order valence-corrected chi connectivity index (χ2v) is 6.62. The third-order valence-corrected chi connectivity index (χ3v) is 5.44. The van der Waals surface area contributed by atoms with Crippen LogP contribution in [0.25, 0.3) is 0 Å². The van der Waals surface area contributed by atoms with E-state index in [1.165, 1.54) is 35.4 Å². The molecule has 1 heteroatoms. The Labute approximate surface area is 124 Å². The molecule has 0 unspecified atom stereocenters. The van der Waals surface area contributed by atoms with Gasteiger partial charge in [0.05, 0.1) is 0 Å². The second kappa shape index (κ2) is 5.89. The molecule has 0 fully saturated rings. The predicted octanol–water partition coefficient (Wildman–Crippen LogP) is 3.93. The van der Waals surface area contributed by atoms with E-state index in [1.807, 2.05) is 0 Å². The van der Waals surface area contributed by atoms with Gasteiger partial charge in [0.1, 0.15) is 0 Å². The minimum atomic E-state index is 0.162. The van der Waals surface area contributed by atoms with Crippen LogP contribution in [-0.4, -0.2) is 3.21 Å². The van der Waals surface area contributed by atoms with Crippen molar-refractivity contribution in [3.05, 3.63) is 71.8 Å². The van der Waals surface area contributed by atoms with E-state index in [4.69, 9.17) is 0 Å². The Bertz CT molecular complexity index is 512. The van der Waals surface area contributed by atoms with E-state index in [2.05, 4.69) is 74.5 Å². The van der Waals surface area contributed by atoms with E-state index in [9.17, 15) is 0 Å². The van der Waals surface area contributed by atoms with Crippen LogP contribution in [0.5, 0.6) is 0 Å². The average molecular weight is 314 g/mol. The fraction of sp³-hybridized carbons (Fsp3) is 0.235. The van der Waals surface area contributed by atoms with Gasteiger partial charge in [-0.1, -0.05) is 0 Å². The normalized spacial score (nSPS) is 11.3. The van der Waals surface area contributed by atoms with Crippen LogP contribution in [0.3, 0.4) is 0 Å². The zero-order valence-electron chi connectivity index (χ0n) is 11.0. The third-order valence-electron chi connectivity index (χ3n) is 3.47. The van der Waals surface area contributed by atoms with Gasteiger partial charge in [0.25, 0.3) is 0 Å². The second-order valence-electron chi connectivity index (χ2n) is 5.13. The number of hydrogen-bond acceptors (Lipinski definition) is 0. The maximum atomic E-state index is 2.33. The quantitative estimate of drug-likeness (QED) is 0.802. The first-order chi connectivity index (χ1) is 8.60. The molecule has 0 heterocycles. The molecule has 2 aromatic rings. The summed E-state index contributed by atoms with van der Waals surface area (Å²) >= 11 is 1.53. The van der Waals surface area contributed by atoms with Gasteiger partial charge in [-0.15, -0.1) is 0 Å². The topological polar surface area (TPSA) is 0 Å². The molecule has 0 saturated carbocycles. The van der Waals surface area contributed by atoms with Crippen molar-refractivity contribution in [1.82, 2.24) is 0 Å². The summed E-state index contributed by atoms with van der Waals surface area (Å²) < 4.78 is 1.59. The standard InChI is InChI=1S/C17H18.Zr/c1-17(2,16-11-7-4-8-12-16)14-13-15-9-5-3-6-10-15;/h3-12H,13H2,1-2H3;/q;+2. The van der Waals surface area contributed by atoms with E-state index in [0.29, 0.717) is 0 Å². The van der Waals surface area contributed by atoms with Crippen LogP contribution in [0, 0.1) is 0 Å². The van der Waals surface area contributed by atoms with Crippen molar-refractivity contribution >= 4 is 3.21 Å². The van der Waals surface area contributed by atoms with Crippen molar-refractivity contribution in [1.29, 1.82) is 0 Å². The van der Waals surface area contributed by atoms with E-state index in [1.54, 1.807) is 3.21 Å². The Kier molecular flexibility index (Phi) is 4.46. The minimum absolute atomic E-state index is 0.162. The van der Waals surface area contributed by atoms with Gasteiger partial charge < -0.3 is 0 Å². The van der Waals surface area contributed by atoms with Crippen LogP contribution >= 0.6 is 0 Å². The molecular formula is C17H18Zr+2. The molecule has 0 saturated heterocycles. The van der Waals surface area contributed by atoms with Crippen molar-refractivity contribution in [3.8, 4) is 0 Å². The van der Waals surface area contributed by atoms with Crippen LogP contribution < -0.4 is 0 Å². The molecule has 0 amide bonds. The average Bonchev–Trinajstić information content (AvgIpc) is 2.41. The molecule has 18 heavy (non-hydrogen) atoms. The first kappa shape index (κ1) is 13.6. The summed E-state index contributed by atoms with van der Waals surface area (Å²) in [5, 5.41) is 0. The fourth-order valence-corrected chi connectivity index (χ4v) is 2.91. The van der Waals surface area contributed by atoms with Crippen LogP contribution in [0.1, 0.15) is 25.0 Å². The van der Waals surface area contributed by atoms with Crippen molar-refractivity contribution in [3.63, 3.8) is 0 Å². The van der Waals surface area contributed by atoms with E-state index in [0.717, 1.165) is 6.42 Å². The molecule has 0 aliphatic rings. The molecule has 0 aliphatic carbocycles. The van der Waals surface area contributed by atoms with E-state index in [-0.39, 0.29) is 5.41 Å². The zero-order valence-corrected chi connectivity index (χ0v) is 13.4. The van der Waals surface area contributed by atoms with Gasteiger partial charge >= 0.3 is 125 Å². The third kappa shape index (κ3) is 3.15. The van der Waals surface area contributed by atoms with Crippen LogP contribution in [0.15, 0.2) is 60.7 Å². The first-order valence-electron chi connectivity index (χ1n) is 6.28. The van der Waals surface area contributed by atoms with Crippen LogP contribution in [0.4, 0.5) is 0 Å². The number of benzene rings is 2. The van der Waals surface area contributed by atoms with Gasteiger partial charge in [0.15, 0.2) is 0 Å². The van der Waals surface area contributed by atoms with Crippen molar-refractivity contribution < 1.29 is 24.2 Å². The molecule has 0 atom stereocenters. The molecule has 0 aliphatic heterocycles. The summed E-state index contributed by atoms with van der Waals surface area (Å²) in [6.45, 7) is 4.66. The van der Waals surface area contributed by atoms with E-state index < -0.39 is 0 Å². The summed E-state index contributed by atoms with van der Waals surface area (Å²) in [6, 6.07) is 21.5. The van der Waals surface area contributed by atoms with Crippen molar-refractivity contribution in [2.24, 2.45) is 0 Å². The van der Waals surface area contributed by atoms with Crippen LogP contribution in [-0.2, 0) is 36.1 Å². The Morgan fingerprint density at radius 2 is 1.39 bits per heavy atom. The zero-order chi connectivity index (χ0) is 13.0. The summed E-state index contributed by atoms with van der Waals surface area (Å²) in [5.74, 6) is 0. The summed E-state index contributed by atoms with van der Waals surface area (Å²) in [7, 11) is 0. The summed E-state index contributed by atoms with van der Waals surface area (Å²) in [4.78, 5) is 0. The summed E-state index contributed by atoms with van der Waals surface area (Å²) in [5.41, 5.74) is 2.98. The molecule has 0 radical (unpaired) electrons. The van der Waals surface area contributed by atoms with Crippen molar-refractivity contribution in [2.75, 3.05) is 0 Å². The molecule has 88 valence electrons. The molecule has 0 bridgehead atoms. The Morgan fingerprint density at radius 3 is 1.94 bits per heavy atom. The molecule has 0 N–H and O–H groups in total. The van der Waals surface area contributed by atoms with Gasteiger partial charge in [-0.25, -0.2) is 0 Å². The first-order valence-corrected chi connectivity index (χ1v) is 7.51. The molecule has 2 rings (SSSR count). The molecule has 0 spiro atoms. The summed E-state index contributed by atoms with van der Waals surface area (Å²) in [6.07, 6.45) is 1.08. The predicted molar refractivity (Wildman–Crippen MR) is 74.6 cm³/mol. The number of rotatable bonds is 4. The molecule has 2 aromatic carbocycles. The number of hydrogen-bond donors (Lipinski definition) is 0. The molecule has 0 aromatic heterocycles. The SMILES string of the molecule is CC(C)([C](=[Zr+2])Cc1ccccc1)c1ccccc1. The Hall–Kier alpha value is -0.807. The molecular weight excluding hydrogens is 295 g/mol. The monoisotopic (exact) mass is 312 g/mol. The maximum absolute atomic E-state index is 2.33. The van der Waals surface area contributed by atoms with Crippen LogP contribution in [0.2, 0.25) is 0 Å².